The molecule has 0 saturated carbocycles. The van der Waals surface area contributed by atoms with E-state index in [4.69, 9.17) is 4.66 Å². The third kappa shape index (κ3) is 4.37. The van der Waals surface area contributed by atoms with Crippen LogP contribution in [-0.2, 0) is 0 Å². The van der Waals surface area contributed by atoms with Gasteiger partial charge in [-0.1, -0.05) is 101 Å². The fourth-order valence-corrected chi connectivity index (χ4v) is 10.5. The quantitative estimate of drug-likeness (QED) is 0.0703. The molecule has 2 heterocycles. The van der Waals surface area contributed by atoms with Gasteiger partial charge >= 0.3 is 0 Å². The molecule has 1 aliphatic heterocycles. The lowest BCUT2D eigenvalue weighted by Crippen LogP contribution is -2.68. The highest BCUT2D eigenvalue weighted by Crippen LogP contribution is 2.54. The number of aryl methyl sites for hydroxylation is 1. The number of halogens is 10. The first-order valence-corrected chi connectivity index (χ1v) is 16.1. The highest BCUT2D eigenvalue weighted by atomic mass is 31.2. The molecule has 0 fully saturated rings. The minimum atomic E-state index is -4.84. The zero-order chi connectivity index (χ0) is 35.0. The first kappa shape index (κ1) is 32.4. The molecule has 5 aromatic carbocycles. The van der Waals surface area contributed by atoms with Gasteiger partial charge in [-0.2, -0.15) is 0 Å². The molecule has 0 amide bonds. The minimum absolute atomic E-state index is 0.0960. The van der Waals surface area contributed by atoms with Crippen molar-refractivity contribution in [3.05, 3.63) is 149 Å². The van der Waals surface area contributed by atoms with E-state index in [-0.39, 0.29) is 27.3 Å². The van der Waals surface area contributed by atoms with Crippen LogP contribution in [-0.4, -0.2) is 21.3 Å². The van der Waals surface area contributed by atoms with Crippen LogP contribution in [0.15, 0.2) is 89.6 Å². The molecule has 0 spiro atoms. The van der Waals surface area contributed by atoms with Gasteiger partial charge in [-0.3, -0.25) is 0 Å². The third-order valence-corrected chi connectivity index (χ3v) is 12.3. The van der Waals surface area contributed by atoms with Crippen LogP contribution in [0.25, 0.3) is 11.3 Å². The molecule has 4 nitrogen and oxygen atoms in total. The first-order chi connectivity index (χ1) is 23.4. The molecule has 0 saturated heterocycles. The Morgan fingerprint density at radius 2 is 0.898 bits per heavy atom. The molecule has 248 valence electrons. The standard InChI is InChI=1S/C33H17BF10N4P/c1-16-12-14-17(15-13-16)32-33-48(47-45-32)34(20-22(35)26(39)30(43)27(40)23(20)36,21-24(37)28(41)31(44)29(42)25(21)38)46-49(33,18-8-4-2-5-9-18)19-10-6-3-7-11-19/h2-15H,1H3/q-1. The van der Waals surface area contributed by atoms with Crippen molar-refractivity contribution < 1.29 is 43.9 Å². The zero-order valence-corrected chi connectivity index (χ0v) is 25.6. The molecule has 16 heteroatoms. The topological polar surface area (TPSA) is 43.1 Å². The molecular formula is C33H17BF10N4P-. The van der Waals surface area contributed by atoms with Gasteiger partial charge in [0.15, 0.2) is 34.9 Å². The second kappa shape index (κ2) is 11.5. The zero-order valence-electron chi connectivity index (χ0n) is 24.7. The smallest absolute Gasteiger partial charge is 0.287 e. The molecule has 0 atom stereocenters. The number of benzene rings is 5. The van der Waals surface area contributed by atoms with Crippen LogP contribution in [0.4, 0.5) is 43.9 Å². The van der Waals surface area contributed by atoms with E-state index in [0.717, 1.165) is 5.56 Å². The number of rotatable bonds is 5. The van der Waals surface area contributed by atoms with E-state index in [1.54, 1.807) is 43.3 Å². The Morgan fingerprint density at radius 1 is 0.510 bits per heavy atom. The molecule has 1 aromatic heterocycles. The molecule has 0 N–H and O–H groups in total. The van der Waals surface area contributed by atoms with Crippen molar-refractivity contribution in [1.82, 2.24) is 14.9 Å². The van der Waals surface area contributed by atoms with Crippen LogP contribution >= 0.6 is 7.05 Å². The maximum Gasteiger partial charge on any atom is 0.287 e. The monoisotopic (exact) mass is 701 g/mol. The van der Waals surface area contributed by atoms with E-state index in [1.165, 1.54) is 48.5 Å². The summed E-state index contributed by atoms with van der Waals surface area (Å²) in [6, 6.07) is 21.7. The fourth-order valence-electron chi connectivity index (χ4n) is 6.36. The maximum absolute atomic E-state index is 16.1. The van der Waals surface area contributed by atoms with Crippen molar-refractivity contribution in [2.75, 3.05) is 0 Å². The normalized spacial score (nSPS) is 14.5. The van der Waals surface area contributed by atoms with E-state index in [9.17, 15) is 8.78 Å². The fraction of sp³-hybridized carbons (Fsp3) is 0.0303. The average molecular weight is 701 g/mol. The summed E-state index contributed by atoms with van der Waals surface area (Å²) < 4.78 is 159. The van der Waals surface area contributed by atoms with Crippen molar-refractivity contribution in [2.24, 2.45) is 4.66 Å². The lowest BCUT2D eigenvalue weighted by molar-refractivity contribution is 0.381. The highest BCUT2D eigenvalue weighted by Gasteiger charge is 2.53. The summed E-state index contributed by atoms with van der Waals surface area (Å²) in [5.41, 5.74) is -3.21. The van der Waals surface area contributed by atoms with Gasteiger partial charge in [0.25, 0.3) is 6.42 Å². The number of hydrogen-bond acceptors (Lipinski definition) is 3. The van der Waals surface area contributed by atoms with Crippen molar-refractivity contribution in [2.45, 2.75) is 6.92 Å². The van der Waals surface area contributed by atoms with E-state index in [2.05, 4.69) is 10.3 Å². The van der Waals surface area contributed by atoms with E-state index in [0.29, 0.717) is 4.59 Å². The van der Waals surface area contributed by atoms with Crippen molar-refractivity contribution >= 4 is 40.4 Å². The van der Waals surface area contributed by atoms with Gasteiger partial charge in [0.05, 0.1) is 5.44 Å². The lowest BCUT2D eigenvalue weighted by atomic mass is 9.37. The van der Waals surface area contributed by atoms with E-state index < -0.39 is 82.6 Å². The average Bonchev–Trinajstić information content (AvgIpc) is 3.69. The lowest BCUT2D eigenvalue weighted by Gasteiger charge is -2.37. The van der Waals surface area contributed by atoms with Crippen LogP contribution in [0.1, 0.15) is 5.56 Å². The SMILES string of the molecule is Cc1ccc(-c2nnn3c2P(c2ccccc2)(c2ccccc2)=N[B-]3(c2c(F)c(F)c(F)c(F)c2F)c2c(F)c(F)c(F)c(F)c2F)cc1. The second-order valence-corrected chi connectivity index (χ2v) is 14.2. The van der Waals surface area contributed by atoms with E-state index >= 15 is 35.1 Å². The van der Waals surface area contributed by atoms with Gasteiger partial charge < -0.3 is 9.25 Å². The second-order valence-electron chi connectivity index (χ2n) is 11.2. The maximum atomic E-state index is 16.1. The Hall–Kier alpha value is -5.17. The summed E-state index contributed by atoms with van der Waals surface area (Å²) in [5, 5.41) is 8.52. The molecule has 1 aliphatic rings. The van der Waals surface area contributed by atoms with Crippen LogP contribution in [0.3, 0.4) is 0 Å². The largest absolute Gasteiger partial charge is 0.467 e. The summed E-state index contributed by atoms with van der Waals surface area (Å²) in [7, 11) is -4.08. The Kier molecular flexibility index (Phi) is 7.58. The molecular weight excluding hydrogens is 684 g/mol. The van der Waals surface area contributed by atoms with Gasteiger partial charge in [0.1, 0.15) is 29.0 Å². The highest BCUT2D eigenvalue weighted by molar-refractivity contribution is 7.89. The Morgan fingerprint density at radius 3 is 1.31 bits per heavy atom. The summed E-state index contributed by atoms with van der Waals surface area (Å²) in [6.45, 7) is 1.76. The van der Waals surface area contributed by atoms with Gasteiger partial charge in [-0.25, -0.2) is 43.9 Å². The number of aromatic nitrogens is 3. The van der Waals surface area contributed by atoms with Gasteiger partial charge in [-0.15, -0.1) is 10.3 Å². The van der Waals surface area contributed by atoms with E-state index in [1.807, 2.05) is 0 Å². The molecule has 49 heavy (non-hydrogen) atoms. The predicted molar refractivity (Wildman–Crippen MR) is 164 cm³/mol. The molecule has 0 radical (unpaired) electrons. The molecule has 0 bridgehead atoms. The number of nitrogens with zero attached hydrogens (tertiary/aromatic N) is 4. The van der Waals surface area contributed by atoms with Crippen molar-refractivity contribution in [3.8, 4) is 11.3 Å². The van der Waals surface area contributed by atoms with Gasteiger partial charge in [-0.05, 0) is 17.5 Å². The van der Waals surface area contributed by atoms with Crippen molar-refractivity contribution in [3.63, 3.8) is 0 Å². The number of hydrogen-bond donors (Lipinski definition) is 0. The summed E-state index contributed by atoms with van der Waals surface area (Å²) in [4.78, 5) is 0. The van der Waals surface area contributed by atoms with Crippen molar-refractivity contribution in [1.29, 1.82) is 0 Å². The number of fused-ring (bicyclic) bond motifs is 1. The van der Waals surface area contributed by atoms with Crippen LogP contribution in [0, 0.1) is 65.1 Å². The molecule has 6 aromatic rings. The molecule has 0 unspecified atom stereocenters. The minimum Gasteiger partial charge on any atom is -0.467 e. The molecule has 7 rings (SSSR count). The van der Waals surface area contributed by atoms with Crippen LogP contribution in [0.5, 0.6) is 0 Å². The Bertz CT molecular complexity index is 2200. The summed E-state index contributed by atoms with van der Waals surface area (Å²) in [5.74, 6) is -26.0. The Balaban J connectivity index is 1.83. The third-order valence-electron chi connectivity index (χ3n) is 8.55. The Labute approximate surface area is 270 Å². The predicted octanol–water partition coefficient (Wildman–Crippen LogP) is 6.24. The molecule has 0 aliphatic carbocycles. The first-order valence-electron chi connectivity index (χ1n) is 14.3. The van der Waals surface area contributed by atoms with Gasteiger partial charge in [0.2, 0.25) is 0 Å². The van der Waals surface area contributed by atoms with Crippen LogP contribution < -0.4 is 27.0 Å². The van der Waals surface area contributed by atoms with Crippen LogP contribution in [0.2, 0.25) is 0 Å². The van der Waals surface area contributed by atoms with Gasteiger partial charge in [0, 0.05) is 12.6 Å². The summed E-state index contributed by atoms with van der Waals surface area (Å²) in [6.07, 6.45) is -4.84. The summed E-state index contributed by atoms with van der Waals surface area (Å²) >= 11 is 0.